The average molecular weight is 843 g/mol. The zero-order valence-corrected chi connectivity index (χ0v) is 35.0. The van der Waals surface area contributed by atoms with Crippen LogP contribution in [0.2, 0.25) is 0 Å². The highest BCUT2D eigenvalue weighted by Gasteiger charge is 2.19. The van der Waals surface area contributed by atoms with Crippen LogP contribution in [-0.4, -0.2) is 51.4 Å². The van der Waals surface area contributed by atoms with Gasteiger partial charge < -0.3 is 26.6 Å². The van der Waals surface area contributed by atoms with Gasteiger partial charge in [0.15, 0.2) is 0 Å². The molecule has 0 saturated heterocycles. The molecule has 0 bridgehead atoms. The van der Waals surface area contributed by atoms with Gasteiger partial charge in [0.05, 0.1) is 6.04 Å². The predicted molar refractivity (Wildman–Crippen MR) is 249 cm³/mol. The molecule has 7 aromatic rings. The van der Waals surface area contributed by atoms with Gasteiger partial charge in [-0.1, -0.05) is 200 Å². The fraction of sp³-hybridized carbons (Fsp3) is 0.151. The molecule has 0 saturated carbocycles. The molecule has 0 heterocycles. The minimum Gasteiger partial charge on any atom is -0.480 e. The Balaban J connectivity index is 0.000000190. The summed E-state index contributed by atoms with van der Waals surface area (Å²) in [7, 11) is 0. The van der Waals surface area contributed by atoms with E-state index in [-0.39, 0.29) is 0 Å². The number of hydroxylamine groups is 1. The van der Waals surface area contributed by atoms with Gasteiger partial charge in [0.1, 0.15) is 12.1 Å². The molecule has 10 heteroatoms. The van der Waals surface area contributed by atoms with Crippen LogP contribution in [0.15, 0.2) is 200 Å². The van der Waals surface area contributed by atoms with Gasteiger partial charge in [-0.2, -0.15) is 0 Å². The Bertz CT molecular complexity index is 2390. The van der Waals surface area contributed by atoms with E-state index in [1.807, 2.05) is 152 Å². The summed E-state index contributed by atoms with van der Waals surface area (Å²) < 4.78 is 0. The summed E-state index contributed by atoms with van der Waals surface area (Å²) >= 11 is 0. The predicted octanol–water partition coefficient (Wildman–Crippen LogP) is 8.34. The van der Waals surface area contributed by atoms with Crippen LogP contribution >= 0.6 is 0 Å². The molecule has 0 aliphatic carbocycles. The molecule has 0 fully saturated rings. The summed E-state index contributed by atoms with van der Waals surface area (Å²) in [4.78, 5) is 33.8. The minimum atomic E-state index is -0.959. The molecule has 0 aliphatic heterocycles. The average Bonchev–Trinajstić information content (AvgIpc) is 3.33. The van der Waals surface area contributed by atoms with E-state index >= 15 is 0 Å². The third-order valence-electron chi connectivity index (χ3n) is 10.1. The van der Waals surface area contributed by atoms with E-state index in [1.54, 1.807) is 5.48 Å². The Labute approximate surface area is 369 Å². The summed E-state index contributed by atoms with van der Waals surface area (Å²) in [6.45, 7) is 1.07. The van der Waals surface area contributed by atoms with Crippen LogP contribution < -0.4 is 21.8 Å². The fourth-order valence-corrected chi connectivity index (χ4v) is 6.61. The number of amides is 1. The van der Waals surface area contributed by atoms with E-state index < -0.39 is 36.0 Å². The lowest BCUT2D eigenvalue weighted by Crippen LogP contribution is -2.44. The van der Waals surface area contributed by atoms with Crippen molar-refractivity contribution in [2.75, 3.05) is 0 Å². The van der Waals surface area contributed by atoms with Crippen molar-refractivity contribution in [3.8, 4) is 22.3 Å². The van der Waals surface area contributed by atoms with E-state index in [0.717, 1.165) is 38.9 Å². The van der Waals surface area contributed by atoms with Gasteiger partial charge in [-0.25, -0.2) is 5.48 Å². The topological polar surface area (TPSA) is 174 Å². The minimum absolute atomic E-state index is 0.385. The number of rotatable bonds is 17. The highest BCUT2D eigenvalue weighted by molar-refractivity contribution is 5.81. The maximum absolute atomic E-state index is 12.0. The second-order valence-corrected chi connectivity index (χ2v) is 14.8. The fourth-order valence-electron chi connectivity index (χ4n) is 6.61. The second kappa shape index (κ2) is 25.5. The molecule has 10 nitrogen and oxygen atoms in total. The monoisotopic (exact) mass is 842 g/mol. The number of hydrogen-bond donors (Lipinski definition) is 7. The van der Waals surface area contributed by atoms with Crippen LogP contribution in [-0.2, 0) is 46.7 Å². The third kappa shape index (κ3) is 16.3. The smallest absolute Gasteiger partial charge is 0.321 e. The summed E-state index contributed by atoms with van der Waals surface area (Å²) in [5.41, 5.74) is 16.9. The molecule has 7 rings (SSSR count). The maximum atomic E-state index is 12.0. The molecule has 8 N–H and O–H groups in total. The molecule has 0 radical (unpaired) electrons. The molecule has 3 unspecified atom stereocenters. The zero-order valence-electron chi connectivity index (χ0n) is 35.0. The SMILES string of the molecule is NC(Cc1ccccc1)C(=O)O.O=C(NO)C(Cc1ccccc1)NCc1ccc(-c2ccccc2)cc1.O=C(O)C(Cc1ccccc1)NCc1ccc(-c2ccccc2)cc1. The highest BCUT2D eigenvalue weighted by atomic mass is 16.5. The normalized spacial score (nSPS) is 11.9. The van der Waals surface area contributed by atoms with Crippen LogP contribution in [0.5, 0.6) is 0 Å². The van der Waals surface area contributed by atoms with Gasteiger partial charge in [-0.05, 0) is 69.3 Å². The Morgan fingerprint density at radius 3 is 1.06 bits per heavy atom. The van der Waals surface area contributed by atoms with Gasteiger partial charge in [0.2, 0.25) is 0 Å². The summed E-state index contributed by atoms with van der Waals surface area (Å²) in [5, 5.41) is 33.3. The molecule has 0 aliphatic rings. The number of carboxylic acids is 2. The largest absolute Gasteiger partial charge is 0.480 e. The lowest BCUT2D eigenvalue weighted by Gasteiger charge is -2.17. The first-order valence-corrected chi connectivity index (χ1v) is 20.7. The van der Waals surface area contributed by atoms with E-state index in [0.29, 0.717) is 32.4 Å². The first-order chi connectivity index (χ1) is 30.7. The van der Waals surface area contributed by atoms with Crippen LogP contribution in [0.1, 0.15) is 27.8 Å². The maximum Gasteiger partial charge on any atom is 0.321 e. The number of carboxylic acid groups (broad SMARTS) is 2. The van der Waals surface area contributed by atoms with Crippen molar-refractivity contribution in [3.63, 3.8) is 0 Å². The van der Waals surface area contributed by atoms with E-state index in [2.05, 4.69) is 59.2 Å². The quantitative estimate of drug-likeness (QED) is 0.0351. The van der Waals surface area contributed by atoms with E-state index in [4.69, 9.17) is 16.0 Å². The van der Waals surface area contributed by atoms with Crippen molar-refractivity contribution in [2.24, 2.45) is 5.73 Å². The Kier molecular flexibility index (Phi) is 19.0. The molecule has 3 atom stereocenters. The second-order valence-electron chi connectivity index (χ2n) is 14.8. The number of aliphatic carboxylic acids is 2. The van der Waals surface area contributed by atoms with Crippen LogP contribution in [0.4, 0.5) is 0 Å². The van der Waals surface area contributed by atoms with Gasteiger partial charge in [0.25, 0.3) is 5.91 Å². The van der Waals surface area contributed by atoms with Gasteiger partial charge in [0, 0.05) is 13.1 Å². The number of carbonyl (C=O) groups excluding carboxylic acids is 1. The van der Waals surface area contributed by atoms with E-state index in [9.17, 15) is 19.5 Å². The van der Waals surface area contributed by atoms with Crippen LogP contribution in [0.25, 0.3) is 22.3 Å². The lowest BCUT2D eigenvalue weighted by atomic mass is 10.0. The van der Waals surface area contributed by atoms with Crippen molar-refractivity contribution in [3.05, 3.63) is 228 Å². The highest BCUT2D eigenvalue weighted by Crippen LogP contribution is 2.21. The van der Waals surface area contributed by atoms with Crippen molar-refractivity contribution < 1.29 is 29.8 Å². The molecule has 322 valence electrons. The molecular weight excluding hydrogens is 789 g/mol. The number of nitrogens with one attached hydrogen (secondary N) is 3. The first-order valence-electron chi connectivity index (χ1n) is 20.7. The van der Waals surface area contributed by atoms with Crippen LogP contribution in [0.3, 0.4) is 0 Å². The van der Waals surface area contributed by atoms with Crippen molar-refractivity contribution >= 4 is 17.8 Å². The summed E-state index contributed by atoms with van der Waals surface area (Å²) in [6, 6.07) is 63.7. The molecule has 7 aromatic carbocycles. The number of hydrogen-bond acceptors (Lipinski definition) is 7. The van der Waals surface area contributed by atoms with Crippen molar-refractivity contribution in [1.29, 1.82) is 0 Å². The molecule has 63 heavy (non-hydrogen) atoms. The van der Waals surface area contributed by atoms with Gasteiger partial charge in [-0.3, -0.25) is 19.6 Å². The Morgan fingerprint density at radius 1 is 0.397 bits per heavy atom. The first kappa shape index (κ1) is 46.8. The number of carbonyl (C=O) groups is 3. The lowest BCUT2D eigenvalue weighted by molar-refractivity contribution is -0.140. The molecular formula is C53H54N4O6. The molecule has 0 spiro atoms. The van der Waals surface area contributed by atoms with Gasteiger partial charge in [-0.15, -0.1) is 0 Å². The Hall–Kier alpha value is -7.21. The van der Waals surface area contributed by atoms with Crippen molar-refractivity contribution in [1.82, 2.24) is 16.1 Å². The van der Waals surface area contributed by atoms with Gasteiger partial charge >= 0.3 is 11.9 Å². The Morgan fingerprint density at radius 2 is 0.714 bits per heavy atom. The number of nitrogens with two attached hydrogens (primary N) is 1. The zero-order chi connectivity index (χ0) is 44.7. The number of benzene rings is 7. The third-order valence-corrected chi connectivity index (χ3v) is 10.1. The van der Waals surface area contributed by atoms with Crippen molar-refractivity contribution in [2.45, 2.75) is 50.5 Å². The molecule has 1 amide bonds. The summed E-state index contributed by atoms with van der Waals surface area (Å²) in [6.07, 6.45) is 1.36. The molecule has 0 aromatic heterocycles. The standard InChI is InChI=1S/C22H22N2O2.C22H21NO2.C9H11NO2/c25-22(24-26)21(15-17-7-3-1-4-8-17)23-16-18-11-13-20(14-12-18)19-9-5-2-6-10-19;24-22(25)21(15-17-7-3-1-4-8-17)23-16-18-11-13-20(14-12-18)19-9-5-2-6-10-19;10-8(9(11)12)6-7-4-2-1-3-5-7/h1-14,21,23,26H,15-16H2,(H,24,25);1-14,21,23H,15-16H2,(H,24,25);1-5,8H,6,10H2,(H,11,12). The van der Waals surface area contributed by atoms with Crippen LogP contribution in [0, 0.1) is 0 Å². The van der Waals surface area contributed by atoms with E-state index in [1.165, 1.54) is 11.1 Å². The summed E-state index contributed by atoms with van der Waals surface area (Å²) in [5.74, 6) is -2.22.